The van der Waals surface area contributed by atoms with Gasteiger partial charge in [0.1, 0.15) is 5.82 Å². The van der Waals surface area contributed by atoms with Gasteiger partial charge in [0.2, 0.25) is 0 Å². The van der Waals surface area contributed by atoms with Gasteiger partial charge < -0.3 is 5.32 Å². The minimum atomic E-state index is -4.33. The second kappa shape index (κ2) is 4.29. The molecule has 0 bridgehead atoms. The van der Waals surface area contributed by atoms with Gasteiger partial charge >= 0.3 is 6.18 Å². The zero-order chi connectivity index (χ0) is 11.6. The topological polar surface area (TPSA) is 39.0 Å². The molecule has 1 aliphatic heterocycles. The summed E-state index contributed by atoms with van der Waals surface area (Å²) in [5.41, 5.74) is -0.740. The smallest absolute Gasteiger partial charge is 0.315 e. The average molecular weight is 230 g/mol. The minimum absolute atomic E-state index is 0.129. The van der Waals surface area contributed by atoms with Crippen molar-refractivity contribution < 1.29 is 13.2 Å². The van der Waals surface area contributed by atoms with Crippen LogP contribution in [0.4, 0.5) is 19.0 Å². The summed E-state index contributed by atoms with van der Waals surface area (Å²) in [5.74, 6) is 0.363. The molecule has 2 heterocycles. The van der Waals surface area contributed by atoms with Gasteiger partial charge in [0, 0.05) is 12.7 Å². The molecular formula is C10H11F3N3. The monoisotopic (exact) mass is 230 g/mol. The predicted molar refractivity (Wildman–Crippen MR) is 52.3 cm³/mol. The molecule has 16 heavy (non-hydrogen) atoms. The first-order valence-corrected chi connectivity index (χ1v) is 5.00. The van der Waals surface area contributed by atoms with E-state index >= 15 is 0 Å². The Morgan fingerprint density at radius 2 is 2.19 bits per heavy atom. The molecule has 1 aromatic rings. The van der Waals surface area contributed by atoms with Gasteiger partial charge in [-0.1, -0.05) is 0 Å². The van der Waals surface area contributed by atoms with Crippen LogP contribution < -0.4 is 10.6 Å². The maximum atomic E-state index is 12.2. The van der Waals surface area contributed by atoms with Crippen LogP contribution in [0.1, 0.15) is 12.0 Å². The molecule has 0 aliphatic carbocycles. The zero-order valence-corrected chi connectivity index (χ0v) is 8.46. The van der Waals surface area contributed by atoms with E-state index in [4.69, 9.17) is 0 Å². The lowest BCUT2D eigenvalue weighted by Crippen LogP contribution is -2.21. The van der Waals surface area contributed by atoms with E-state index < -0.39 is 11.7 Å². The zero-order valence-electron chi connectivity index (χ0n) is 8.46. The van der Waals surface area contributed by atoms with Crippen molar-refractivity contribution >= 4 is 5.82 Å². The highest BCUT2D eigenvalue weighted by molar-refractivity contribution is 5.29. The van der Waals surface area contributed by atoms with Crippen LogP contribution >= 0.6 is 0 Å². The Morgan fingerprint density at radius 1 is 1.38 bits per heavy atom. The van der Waals surface area contributed by atoms with Crippen LogP contribution in [-0.4, -0.2) is 24.1 Å². The average Bonchev–Trinajstić information content (AvgIpc) is 2.70. The number of aromatic nitrogens is 1. The van der Waals surface area contributed by atoms with Crippen molar-refractivity contribution in [1.29, 1.82) is 0 Å². The maximum absolute atomic E-state index is 12.2. The predicted octanol–water partition coefficient (Wildman–Crippen LogP) is 1.70. The molecule has 0 spiro atoms. The summed E-state index contributed by atoms with van der Waals surface area (Å²) in [6, 6.07) is 2.44. The molecule has 0 aromatic carbocycles. The highest BCUT2D eigenvalue weighted by Crippen LogP contribution is 2.28. The second-order valence-electron chi connectivity index (χ2n) is 3.68. The molecule has 1 aliphatic rings. The molecule has 1 N–H and O–H groups in total. The third-order valence-electron chi connectivity index (χ3n) is 2.42. The summed E-state index contributed by atoms with van der Waals surface area (Å²) in [5, 5.41) is 7.37. The van der Waals surface area contributed by atoms with Crippen molar-refractivity contribution in [2.45, 2.75) is 18.6 Å². The Kier molecular flexibility index (Phi) is 3.00. The van der Waals surface area contributed by atoms with Crippen molar-refractivity contribution in [3.8, 4) is 0 Å². The van der Waals surface area contributed by atoms with Crippen LogP contribution in [0, 0.1) is 0 Å². The van der Waals surface area contributed by atoms with Crippen LogP contribution in [-0.2, 0) is 6.18 Å². The lowest BCUT2D eigenvalue weighted by atomic mass is 10.2. The second-order valence-corrected chi connectivity index (χ2v) is 3.68. The molecule has 1 atom stereocenters. The number of nitrogens with one attached hydrogen (secondary N) is 1. The van der Waals surface area contributed by atoms with E-state index in [0.717, 1.165) is 31.8 Å². The first kappa shape index (κ1) is 11.2. The largest absolute Gasteiger partial charge is 0.417 e. The summed E-state index contributed by atoms with van der Waals surface area (Å²) >= 11 is 0. The van der Waals surface area contributed by atoms with Crippen LogP contribution in [0.2, 0.25) is 0 Å². The molecule has 0 saturated carbocycles. The van der Waals surface area contributed by atoms with Gasteiger partial charge in [-0.3, -0.25) is 5.32 Å². The van der Waals surface area contributed by atoms with Crippen molar-refractivity contribution in [2.24, 2.45) is 0 Å². The number of hydrogen-bond acceptors (Lipinski definition) is 2. The summed E-state index contributed by atoms with van der Waals surface area (Å²) in [7, 11) is 0. The summed E-state index contributed by atoms with van der Waals surface area (Å²) in [6.45, 7) is 1.66. The molecule has 0 unspecified atom stereocenters. The number of rotatable bonds is 2. The molecular weight excluding hydrogens is 219 g/mol. The molecule has 1 radical (unpaired) electrons. The van der Waals surface area contributed by atoms with Gasteiger partial charge in [0.05, 0.1) is 11.6 Å². The van der Waals surface area contributed by atoms with E-state index in [1.807, 2.05) is 0 Å². The SMILES string of the molecule is FC(F)(F)c1ccc([N][C@H]2CCNC2)nc1. The molecule has 2 rings (SSSR count). The Hall–Kier alpha value is -1.30. The summed E-state index contributed by atoms with van der Waals surface area (Å²) < 4.78 is 36.7. The highest BCUT2D eigenvalue weighted by atomic mass is 19.4. The van der Waals surface area contributed by atoms with E-state index in [1.165, 1.54) is 6.07 Å². The normalized spacial score (nSPS) is 21.1. The van der Waals surface area contributed by atoms with Crippen LogP contribution in [0.3, 0.4) is 0 Å². The van der Waals surface area contributed by atoms with Gasteiger partial charge in [-0.2, -0.15) is 13.2 Å². The molecule has 3 nitrogen and oxygen atoms in total. The number of hydrogen-bond donors (Lipinski definition) is 1. The molecule has 1 saturated heterocycles. The molecule has 1 aromatic heterocycles. The lowest BCUT2D eigenvalue weighted by Gasteiger charge is -2.10. The van der Waals surface area contributed by atoms with E-state index in [-0.39, 0.29) is 6.04 Å². The van der Waals surface area contributed by atoms with Crippen molar-refractivity contribution in [3.05, 3.63) is 23.9 Å². The van der Waals surface area contributed by atoms with Gasteiger partial charge in [-0.25, -0.2) is 4.98 Å². The van der Waals surface area contributed by atoms with Crippen molar-refractivity contribution in [2.75, 3.05) is 13.1 Å². The Labute approximate surface area is 91.1 Å². The first-order chi connectivity index (χ1) is 7.55. The Balaban J connectivity index is 2.01. The molecule has 6 heteroatoms. The number of halogens is 3. The van der Waals surface area contributed by atoms with E-state index in [0.29, 0.717) is 5.82 Å². The number of alkyl halides is 3. The fourth-order valence-corrected chi connectivity index (χ4v) is 1.57. The quantitative estimate of drug-likeness (QED) is 0.839. The fraction of sp³-hybridized carbons (Fsp3) is 0.500. The van der Waals surface area contributed by atoms with Crippen molar-refractivity contribution in [3.63, 3.8) is 0 Å². The summed E-state index contributed by atoms with van der Waals surface area (Å²) in [6.07, 6.45) is -2.61. The molecule has 0 amide bonds. The van der Waals surface area contributed by atoms with Crippen LogP contribution in [0.5, 0.6) is 0 Å². The Morgan fingerprint density at radius 3 is 2.69 bits per heavy atom. The first-order valence-electron chi connectivity index (χ1n) is 5.00. The fourth-order valence-electron chi connectivity index (χ4n) is 1.57. The van der Waals surface area contributed by atoms with Crippen LogP contribution in [0.15, 0.2) is 18.3 Å². The Bertz CT molecular complexity index is 341. The highest BCUT2D eigenvalue weighted by Gasteiger charge is 2.30. The lowest BCUT2D eigenvalue weighted by molar-refractivity contribution is -0.137. The third-order valence-corrected chi connectivity index (χ3v) is 2.42. The van der Waals surface area contributed by atoms with E-state index in [2.05, 4.69) is 15.6 Å². The summed E-state index contributed by atoms with van der Waals surface area (Å²) in [4.78, 5) is 3.69. The standard InChI is InChI=1S/C10H11F3N3/c11-10(12,13)7-1-2-9(15-5-7)16-8-3-4-14-6-8/h1-2,5,8,14H,3-4,6H2/t8-/m0/s1. The molecule has 1 fully saturated rings. The van der Waals surface area contributed by atoms with Gasteiger partial charge in [0.25, 0.3) is 0 Å². The van der Waals surface area contributed by atoms with Crippen molar-refractivity contribution in [1.82, 2.24) is 15.6 Å². The van der Waals surface area contributed by atoms with Crippen LogP contribution in [0.25, 0.3) is 0 Å². The third kappa shape index (κ3) is 2.63. The maximum Gasteiger partial charge on any atom is 0.417 e. The van der Waals surface area contributed by atoms with Gasteiger partial charge in [-0.05, 0) is 25.1 Å². The minimum Gasteiger partial charge on any atom is -0.315 e. The van der Waals surface area contributed by atoms with Gasteiger partial charge in [-0.15, -0.1) is 0 Å². The van der Waals surface area contributed by atoms with Gasteiger partial charge in [0.15, 0.2) is 0 Å². The number of pyridine rings is 1. The molecule has 87 valence electrons. The van der Waals surface area contributed by atoms with E-state index in [1.54, 1.807) is 0 Å². The number of nitrogens with zero attached hydrogens (tertiary/aromatic N) is 2. The van der Waals surface area contributed by atoms with E-state index in [9.17, 15) is 13.2 Å².